The van der Waals surface area contributed by atoms with Crippen LogP contribution in [0.3, 0.4) is 0 Å². The maximum atomic E-state index is 11.9. The summed E-state index contributed by atoms with van der Waals surface area (Å²) in [6.45, 7) is -1.19. The Kier molecular flexibility index (Phi) is 5.20. The summed E-state index contributed by atoms with van der Waals surface area (Å²) in [5, 5.41) is 27.8. The monoisotopic (exact) mass is 310 g/mol. The lowest BCUT2D eigenvalue weighted by atomic mass is 10.3. The van der Waals surface area contributed by atoms with E-state index in [4.69, 9.17) is 21.8 Å². The van der Waals surface area contributed by atoms with Gasteiger partial charge in [-0.25, -0.2) is 13.1 Å². The molecule has 106 valence electrons. The van der Waals surface area contributed by atoms with E-state index in [1.54, 1.807) is 0 Å². The molecule has 0 aliphatic rings. The van der Waals surface area contributed by atoms with E-state index in [-0.39, 0.29) is 15.6 Å². The number of benzene rings is 1. The first-order chi connectivity index (χ1) is 8.81. The standard InChI is InChI=1S/C9H11ClN2O6S/c10-8-3-7(12(15)16)1-2-9(8)19(17,18)11-6(4-13)5-14/h1-3,6,11,13-14H,4-5H2. The van der Waals surface area contributed by atoms with Crippen LogP contribution in [0.5, 0.6) is 0 Å². The molecule has 19 heavy (non-hydrogen) atoms. The Bertz CT molecular complexity index is 572. The first kappa shape index (κ1) is 15.8. The van der Waals surface area contributed by atoms with Gasteiger partial charge in [0.25, 0.3) is 5.69 Å². The summed E-state index contributed by atoms with van der Waals surface area (Å²) in [6, 6.07) is 1.81. The lowest BCUT2D eigenvalue weighted by molar-refractivity contribution is -0.384. The van der Waals surface area contributed by atoms with Crippen LogP contribution in [0.15, 0.2) is 23.1 Å². The number of sulfonamides is 1. The number of aliphatic hydroxyl groups excluding tert-OH is 2. The number of halogens is 1. The molecule has 0 unspecified atom stereocenters. The van der Waals surface area contributed by atoms with E-state index in [1.165, 1.54) is 0 Å². The minimum Gasteiger partial charge on any atom is -0.395 e. The fourth-order valence-corrected chi connectivity index (χ4v) is 2.99. The van der Waals surface area contributed by atoms with Gasteiger partial charge in [0.1, 0.15) is 4.90 Å². The van der Waals surface area contributed by atoms with Crippen molar-refractivity contribution in [2.45, 2.75) is 10.9 Å². The van der Waals surface area contributed by atoms with Crippen LogP contribution in [0.4, 0.5) is 5.69 Å². The maximum absolute atomic E-state index is 11.9. The van der Waals surface area contributed by atoms with E-state index < -0.39 is 34.2 Å². The lowest BCUT2D eigenvalue weighted by Crippen LogP contribution is -2.40. The molecule has 0 bridgehead atoms. The average Bonchev–Trinajstić information content (AvgIpc) is 2.35. The summed E-state index contributed by atoms with van der Waals surface area (Å²) >= 11 is 5.68. The molecule has 0 heterocycles. The van der Waals surface area contributed by atoms with Crippen LogP contribution in [0.25, 0.3) is 0 Å². The zero-order valence-electron chi connectivity index (χ0n) is 9.48. The average molecular weight is 311 g/mol. The second kappa shape index (κ2) is 6.26. The molecular formula is C9H11ClN2O6S. The zero-order chi connectivity index (χ0) is 14.6. The first-order valence-electron chi connectivity index (χ1n) is 4.99. The van der Waals surface area contributed by atoms with Gasteiger partial charge in [-0.15, -0.1) is 0 Å². The van der Waals surface area contributed by atoms with Crippen molar-refractivity contribution in [3.63, 3.8) is 0 Å². The fraction of sp³-hybridized carbons (Fsp3) is 0.333. The largest absolute Gasteiger partial charge is 0.395 e. The fourth-order valence-electron chi connectivity index (χ4n) is 1.24. The van der Waals surface area contributed by atoms with Crippen LogP contribution >= 0.6 is 11.6 Å². The van der Waals surface area contributed by atoms with Gasteiger partial charge in [-0.2, -0.15) is 0 Å². The summed E-state index contributed by atoms with van der Waals surface area (Å²) < 4.78 is 25.8. The number of nitrogens with one attached hydrogen (secondary N) is 1. The number of hydrogen-bond acceptors (Lipinski definition) is 6. The Morgan fingerprint density at radius 2 is 1.95 bits per heavy atom. The van der Waals surface area contributed by atoms with Crippen molar-refractivity contribution >= 4 is 27.3 Å². The van der Waals surface area contributed by atoms with E-state index >= 15 is 0 Å². The number of aliphatic hydroxyl groups is 2. The minimum absolute atomic E-state index is 0.323. The van der Waals surface area contributed by atoms with Gasteiger partial charge in [0, 0.05) is 12.1 Å². The van der Waals surface area contributed by atoms with Crippen LogP contribution in [-0.4, -0.2) is 42.8 Å². The summed E-state index contributed by atoms with van der Waals surface area (Å²) in [5.41, 5.74) is -0.343. The third-order valence-corrected chi connectivity index (χ3v) is 4.18. The lowest BCUT2D eigenvalue weighted by Gasteiger charge is -2.14. The number of nitro benzene ring substituents is 1. The number of non-ortho nitro benzene ring substituents is 1. The highest BCUT2D eigenvalue weighted by Crippen LogP contribution is 2.26. The van der Waals surface area contributed by atoms with E-state index in [0.717, 1.165) is 18.2 Å². The third-order valence-electron chi connectivity index (χ3n) is 2.18. The maximum Gasteiger partial charge on any atom is 0.271 e. The summed E-state index contributed by atoms with van der Waals surface area (Å²) in [6.07, 6.45) is 0. The van der Waals surface area contributed by atoms with Crippen molar-refractivity contribution < 1.29 is 23.6 Å². The van der Waals surface area contributed by atoms with Gasteiger partial charge >= 0.3 is 0 Å². The SMILES string of the molecule is O=[N+]([O-])c1ccc(S(=O)(=O)NC(CO)CO)c(Cl)c1. The molecule has 0 saturated carbocycles. The third kappa shape index (κ3) is 3.85. The van der Waals surface area contributed by atoms with E-state index in [9.17, 15) is 18.5 Å². The van der Waals surface area contributed by atoms with Crippen molar-refractivity contribution in [1.29, 1.82) is 0 Å². The molecule has 0 radical (unpaired) electrons. The summed E-state index contributed by atoms with van der Waals surface area (Å²) in [5.74, 6) is 0. The second-order valence-corrected chi connectivity index (χ2v) is 5.64. The summed E-state index contributed by atoms with van der Waals surface area (Å²) in [7, 11) is -4.08. The molecule has 0 aromatic heterocycles. The van der Waals surface area contributed by atoms with Crippen molar-refractivity contribution in [2.75, 3.05) is 13.2 Å². The predicted octanol–water partition coefficient (Wildman–Crippen LogP) is -0.120. The van der Waals surface area contributed by atoms with Gasteiger partial charge in [0.2, 0.25) is 10.0 Å². The highest BCUT2D eigenvalue weighted by atomic mass is 35.5. The smallest absolute Gasteiger partial charge is 0.271 e. The van der Waals surface area contributed by atoms with Gasteiger partial charge in [0.05, 0.1) is 29.2 Å². The van der Waals surface area contributed by atoms with Gasteiger partial charge in [0.15, 0.2) is 0 Å². The molecule has 1 aromatic rings. The van der Waals surface area contributed by atoms with Crippen molar-refractivity contribution in [1.82, 2.24) is 4.72 Å². The highest BCUT2D eigenvalue weighted by Gasteiger charge is 2.23. The minimum atomic E-state index is -4.08. The summed E-state index contributed by atoms with van der Waals surface area (Å²) in [4.78, 5) is 9.42. The molecule has 0 saturated heterocycles. The van der Waals surface area contributed by atoms with Gasteiger partial charge in [-0.05, 0) is 6.07 Å². The Morgan fingerprint density at radius 1 is 1.37 bits per heavy atom. The number of nitro groups is 1. The van der Waals surface area contributed by atoms with E-state index in [0.29, 0.717) is 0 Å². The molecule has 0 fully saturated rings. The van der Waals surface area contributed by atoms with Gasteiger partial charge in [-0.1, -0.05) is 11.6 Å². The van der Waals surface area contributed by atoms with Crippen molar-refractivity contribution in [3.05, 3.63) is 33.3 Å². The number of nitrogens with zero attached hydrogens (tertiary/aromatic N) is 1. The molecule has 0 atom stereocenters. The van der Waals surface area contributed by atoms with E-state index in [1.807, 2.05) is 4.72 Å². The number of hydrogen-bond donors (Lipinski definition) is 3. The van der Waals surface area contributed by atoms with Crippen molar-refractivity contribution in [3.8, 4) is 0 Å². The van der Waals surface area contributed by atoms with Crippen LogP contribution in [0.2, 0.25) is 5.02 Å². The molecule has 8 nitrogen and oxygen atoms in total. The van der Waals surface area contributed by atoms with Crippen LogP contribution in [0.1, 0.15) is 0 Å². The molecular weight excluding hydrogens is 300 g/mol. The second-order valence-electron chi connectivity index (χ2n) is 3.56. The predicted molar refractivity (Wildman–Crippen MR) is 66.4 cm³/mol. The van der Waals surface area contributed by atoms with Crippen LogP contribution < -0.4 is 4.72 Å². The molecule has 10 heteroatoms. The number of rotatable bonds is 6. The van der Waals surface area contributed by atoms with Crippen LogP contribution in [0, 0.1) is 10.1 Å². The normalized spacial score (nSPS) is 11.8. The molecule has 1 rings (SSSR count). The highest BCUT2D eigenvalue weighted by molar-refractivity contribution is 7.89. The van der Waals surface area contributed by atoms with Crippen molar-refractivity contribution in [2.24, 2.45) is 0 Å². The Morgan fingerprint density at radius 3 is 2.37 bits per heavy atom. The van der Waals surface area contributed by atoms with E-state index in [2.05, 4.69) is 0 Å². The van der Waals surface area contributed by atoms with Gasteiger partial charge in [-0.3, -0.25) is 10.1 Å². The molecule has 0 aliphatic carbocycles. The zero-order valence-corrected chi connectivity index (χ0v) is 11.1. The Labute approximate surface area is 113 Å². The quantitative estimate of drug-likeness (QED) is 0.496. The Hall–Kier alpha value is -1.26. The first-order valence-corrected chi connectivity index (χ1v) is 6.86. The van der Waals surface area contributed by atoms with Gasteiger partial charge < -0.3 is 10.2 Å². The topological polar surface area (TPSA) is 130 Å². The Balaban J connectivity index is 3.12. The molecule has 0 amide bonds. The molecule has 1 aromatic carbocycles. The van der Waals surface area contributed by atoms with Crippen LogP contribution in [-0.2, 0) is 10.0 Å². The molecule has 0 spiro atoms. The molecule has 3 N–H and O–H groups in total. The molecule has 0 aliphatic heterocycles.